The molecule has 5 nitrogen and oxygen atoms in total. The fraction of sp³-hybridized carbons (Fsp3) is 0.333. The van der Waals surface area contributed by atoms with E-state index in [0.29, 0.717) is 28.7 Å². The van der Waals surface area contributed by atoms with Crippen molar-refractivity contribution in [1.29, 1.82) is 0 Å². The van der Waals surface area contributed by atoms with Crippen LogP contribution in [0.4, 0.5) is 5.69 Å². The van der Waals surface area contributed by atoms with Crippen molar-refractivity contribution >= 4 is 16.8 Å². The summed E-state index contributed by atoms with van der Waals surface area (Å²) < 4.78 is 0. The van der Waals surface area contributed by atoms with Crippen LogP contribution in [0.2, 0.25) is 0 Å². The van der Waals surface area contributed by atoms with E-state index in [1.54, 1.807) is 24.3 Å². The molecule has 0 saturated heterocycles. The molecule has 0 spiro atoms. The van der Waals surface area contributed by atoms with Gasteiger partial charge in [0.15, 0.2) is 0 Å². The molecule has 0 amide bonds. The third-order valence-corrected chi connectivity index (χ3v) is 4.88. The molecular weight excluding hydrogens is 366 g/mol. The standard InChI is InChI=1S/C24H29NO4/c1-14(2)12-25(13-15(3)4)17-10-18(26)21(19(27)11-17)22-23(28)20(24(22)29)16-8-6-5-7-9-16/h5-11,14-15,26-29H,12-13H2,1-4H3. The zero-order valence-electron chi connectivity index (χ0n) is 17.3. The molecule has 0 fully saturated rings. The average molecular weight is 395 g/mol. The maximum Gasteiger partial charge on any atom is 0.139 e. The first-order valence-corrected chi connectivity index (χ1v) is 9.94. The normalized spacial score (nSPS) is 14.0. The molecule has 1 aliphatic carbocycles. The molecular formula is C24H29NO4. The van der Waals surface area contributed by atoms with Crippen LogP contribution in [0.1, 0.15) is 38.8 Å². The highest BCUT2D eigenvalue weighted by atomic mass is 16.3. The Labute approximate surface area is 171 Å². The molecule has 0 aliphatic heterocycles. The Morgan fingerprint density at radius 2 is 1.21 bits per heavy atom. The summed E-state index contributed by atoms with van der Waals surface area (Å²) in [5, 5.41) is 42.4. The lowest BCUT2D eigenvalue weighted by Crippen LogP contribution is -2.31. The summed E-state index contributed by atoms with van der Waals surface area (Å²) in [5.41, 5.74) is 1.78. The lowest BCUT2D eigenvalue weighted by Gasteiger charge is -2.30. The average Bonchev–Trinajstić information content (AvgIpc) is 2.64. The van der Waals surface area contributed by atoms with Gasteiger partial charge in [0.2, 0.25) is 0 Å². The Morgan fingerprint density at radius 3 is 1.66 bits per heavy atom. The summed E-state index contributed by atoms with van der Waals surface area (Å²) in [7, 11) is 0. The Kier molecular flexibility index (Phi) is 5.78. The number of hydrogen-bond donors (Lipinski definition) is 4. The van der Waals surface area contributed by atoms with Gasteiger partial charge in [0.05, 0.1) is 16.7 Å². The predicted octanol–water partition coefficient (Wildman–Crippen LogP) is 5.47. The van der Waals surface area contributed by atoms with Crippen LogP contribution in [0.5, 0.6) is 11.5 Å². The first-order chi connectivity index (χ1) is 13.7. The van der Waals surface area contributed by atoms with Crippen LogP contribution in [0.15, 0.2) is 54.0 Å². The highest BCUT2D eigenvalue weighted by Gasteiger charge is 2.35. The van der Waals surface area contributed by atoms with Crippen LogP contribution in [0.25, 0.3) is 11.1 Å². The molecule has 1 aliphatic rings. The number of hydrogen-bond acceptors (Lipinski definition) is 5. The van der Waals surface area contributed by atoms with E-state index in [9.17, 15) is 20.4 Å². The van der Waals surface area contributed by atoms with Gasteiger partial charge in [-0.05, 0) is 17.4 Å². The van der Waals surface area contributed by atoms with E-state index in [4.69, 9.17) is 0 Å². The summed E-state index contributed by atoms with van der Waals surface area (Å²) in [6.07, 6.45) is 0. The molecule has 154 valence electrons. The number of phenolic OH excluding ortho intramolecular Hbond substituents is 2. The summed E-state index contributed by atoms with van der Waals surface area (Å²) in [5.74, 6) is 0.171. The fourth-order valence-electron chi connectivity index (χ4n) is 3.73. The van der Waals surface area contributed by atoms with Crippen molar-refractivity contribution in [1.82, 2.24) is 0 Å². The van der Waals surface area contributed by atoms with Crippen molar-refractivity contribution in [2.75, 3.05) is 18.0 Å². The molecule has 29 heavy (non-hydrogen) atoms. The highest BCUT2D eigenvalue weighted by molar-refractivity contribution is 6.08. The van der Waals surface area contributed by atoms with E-state index in [-0.39, 0.29) is 34.2 Å². The summed E-state index contributed by atoms with van der Waals surface area (Å²) >= 11 is 0. The lowest BCUT2D eigenvalue weighted by molar-refractivity contribution is 0.385. The fourth-order valence-corrected chi connectivity index (χ4v) is 3.73. The molecule has 4 N–H and O–H groups in total. The maximum atomic E-state index is 10.7. The monoisotopic (exact) mass is 395 g/mol. The van der Waals surface area contributed by atoms with Gasteiger partial charge < -0.3 is 25.3 Å². The Balaban J connectivity index is 1.97. The van der Waals surface area contributed by atoms with Gasteiger partial charge in [-0.1, -0.05) is 58.0 Å². The van der Waals surface area contributed by atoms with E-state index in [1.165, 1.54) is 0 Å². The van der Waals surface area contributed by atoms with Crippen molar-refractivity contribution in [3.8, 4) is 11.5 Å². The highest BCUT2D eigenvalue weighted by Crippen LogP contribution is 2.50. The summed E-state index contributed by atoms with van der Waals surface area (Å²) in [4.78, 5) is 2.12. The molecule has 0 unspecified atom stereocenters. The zero-order valence-corrected chi connectivity index (χ0v) is 17.3. The molecule has 0 heterocycles. The summed E-state index contributed by atoms with van der Waals surface area (Å²) in [6, 6.07) is 12.2. The number of allylic oxidation sites excluding steroid dienone is 2. The minimum Gasteiger partial charge on any atom is -0.507 e. The predicted molar refractivity (Wildman–Crippen MR) is 117 cm³/mol. The second-order valence-electron chi connectivity index (χ2n) is 8.36. The number of aliphatic hydroxyl groups excluding tert-OH is 2. The second kappa shape index (κ2) is 8.11. The minimum atomic E-state index is -0.183. The maximum absolute atomic E-state index is 10.7. The molecule has 2 aromatic carbocycles. The van der Waals surface area contributed by atoms with Crippen molar-refractivity contribution < 1.29 is 20.4 Å². The molecule has 5 heteroatoms. The Bertz CT molecular complexity index is 925. The first-order valence-electron chi connectivity index (χ1n) is 9.94. The SMILES string of the molecule is CC(C)CN(CC(C)C)c1cc(O)c(C2=C(O)C(c3ccccc3)=C2O)c(O)c1. The smallest absolute Gasteiger partial charge is 0.139 e. The largest absolute Gasteiger partial charge is 0.507 e. The topological polar surface area (TPSA) is 84.2 Å². The van der Waals surface area contributed by atoms with Crippen molar-refractivity contribution in [2.24, 2.45) is 11.8 Å². The molecule has 0 radical (unpaired) electrons. The third-order valence-electron chi connectivity index (χ3n) is 4.88. The van der Waals surface area contributed by atoms with Gasteiger partial charge in [-0.25, -0.2) is 0 Å². The van der Waals surface area contributed by atoms with Crippen LogP contribution < -0.4 is 4.90 Å². The number of aromatic hydroxyl groups is 2. The van der Waals surface area contributed by atoms with Crippen molar-refractivity contribution in [2.45, 2.75) is 27.7 Å². The van der Waals surface area contributed by atoms with Crippen LogP contribution in [0.3, 0.4) is 0 Å². The van der Waals surface area contributed by atoms with Crippen LogP contribution >= 0.6 is 0 Å². The van der Waals surface area contributed by atoms with Crippen LogP contribution in [0, 0.1) is 11.8 Å². The summed E-state index contributed by atoms with van der Waals surface area (Å²) in [6.45, 7) is 10.0. The lowest BCUT2D eigenvalue weighted by atomic mass is 9.83. The van der Waals surface area contributed by atoms with Crippen molar-refractivity contribution in [3.05, 3.63) is 65.1 Å². The number of benzene rings is 2. The number of phenols is 2. The molecule has 0 aromatic heterocycles. The number of aliphatic hydroxyl groups is 2. The van der Waals surface area contributed by atoms with Crippen molar-refractivity contribution in [3.63, 3.8) is 0 Å². The molecule has 2 aromatic rings. The first kappa shape index (κ1) is 20.6. The molecule has 3 rings (SSSR count). The number of anilines is 1. The molecule has 0 saturated carbocycles. The quantitative estimate of drug-likeness (QED) is 0.500. The third kappa shape index (κ3) is 4.04. The Morgan fingerprint density at radius 1 is 0.724 bits per heavy atom. The Hall–Kier alpha value is -3.08. The van der Waals surface area contributed by atoms with E-state index in [2.05, 4.69) is 32.6 Å². The van der Waals surface area contributed by atoms with E-state index in [0.717, 1.165) is 13.1 Å². The minimum absolute atomic E-state index is 0.0393. The van der Waals surface area contributed by atoms with Gasteiger partial charge in [-0.3, -0.25) is 0 Å². The van der Waals surface area contributed by atoms with E-state index >= 15 is 0 Å². The second-order valence-corrected chi connectivity index (χ2v) is 8.36. The molecule has 0 atom stereocenters. The van der Waals surface area contributed by atoms with Gasteiger partial charge in [0, 0.05) is 30.9 Å². The van der Waals surface area contributed by atoms with Gasteiger partial charge in [0.1, 0.15) is 23.0 Å². The van der Waals surface area contributed by atoms with Crippen LogP contribution in [-0.4, -0.2) is 33.5 Å². The van der Waals surface area contributed by atoms with Gasteiger partial charge in [-0.2, -0.15) is 0 Å². The van der Waals surface area contributed by atoms with Crippen LogP contribution in [-0.2, 0) is 0 Å². The molecule has 0 bridgehead atoms. The number of nitrogens with zero attached hydrogens (tertiary/aromatic N) is 1. The van der Waals surface area contributed by atoms with E-state index in [1.807, 2.05) is 18.2 Å². The van der Waals surface area contributed by atoms with Gasteiger partial charge in [-0.15, -0.1) is 0 Å². The van der Waals surface area contributed by atoms with Gasteiger partial charge >= 0.3 is 0 Å². The number of rotatable bonds is 7. The van der Waals surface area contributed by atoms with Gasteiger partial charge in [0.25, 0.3) is 0 Å². The zero-order chi connectivity index (χ0) is 21.3. The van der Waals surface area contributed by atoms with E-state index < -0.39 is 0 Å².